The lowest BCUT2D eigenvalue weighted by Crippen LogP contribution is -2.22. The second-order valence-corrected chi connectivity index (χ2v) is 4.57. The van der Waals surface area contributed by atoms with Gasteiger partial charge in [-0.25, -0.2) is 0 Å². The number of esters is 1. The van der Waals surface area contributed by atoms with E-state index in [0.717, 1.165) is 19.6 Å². The van der Waals surface area contributed by atoms with E-state index < -0.39 is 0 Å². The van der Waals surface area contributed by atoms with Gasteiger partial charge in [-0.15, -0.1) is 0 Å². The Balaban J connectivity index is 2.33. The molecule has 0 aliphatic carbocycles. The standard InChI is InChI=1S/C16H26N2O2/c1-4-18(5-2)15-9-7-14(8-10-15)13-17-12-11-16(19)20-6-3/h7-10,17H,4-6,11-13H2,1-3H3. The van der Waals surface area contributed by atoms with E-state index in [1.807, 2.05) is 6.92 Å². The Hall–Kier alpha value is -1.55. The minimum atomic E-state index is -0.142. The second-order valence-electron chi connectivity index (χ2n) is 4.57. The van der Waals surface area contributed by atoms with Crippen LogP contribution in [0.3, 0.4) is 0 Å². The van der Waals surface area contributed by atoms with Gasteiger partial charge in [0.15, 0.2) is 0 Å². The molecule has 112 valence electrons. The molecule has 0 atom stereocenters. The molecule has 0 aromatic heterocycles. The highest BCUT2D eigenvalue weighted by Gasteiger charge is 2.02. The highest BCUT2D eigenvalue weighted by atomic mass is 16.5. The Bertz CT molecular complexity index is 386. The molecule has 20 heavy (non-hydrogen) atoms. The molecule has 0 saturated heterocycles. The molecule has 0 bridgehead atoms. The number of ether oxygens (including phenoxy) is 1. The topological polar surface area (TPSA) is 41.6 Å². The number of hydrogen-bond donors (Lipinski definition) is 1. The molecule has 0 amide bonds. The largest absolute Gasteiger partial charge is 0.466 e. The van der Waals surface area contributed by atoms with Crippen molar-refractivity contribution in [3.63, 3.8) is 0 Å². The summed E-state index contributed by atoms with van der Waals surface area (Å²) in [7, 11) is 0. The molecule has 1 rings (SSSR count). The van der Waals surface area contributed by atoms with E-state index in [0.29, 0.717) is 19.6 Å². The fraction of sp³-hybridized carbons (Fsp3) is 0.562. The summed E-state index contributed by atoms with van der Waals surface area (Å²) >= 11 is 0. The van der Waals surface area contributed by atoms with Crippen LogP contribution >= 0.6 is 0 Å². The van der Waals surface area contributed by atoms with Gasteiger partial charge in [-0.2, -0.15) is 0 Å². The number of nitrogens with zero attached hydrogens (tertiary/aromatic N) is 1. The van der Waals surface area contributed by atoms with E-state index in [4.69, 9.17) is 4.74 Å². The molecular formula is C16H26N2O2. The van der Waals surface area contributed by atoms with Gasteiger partial charge in [-0.05, 0) is 38.5 Å². The summed E-state index contributed by atoms with van der Waals surface area (Å²) in [5, 5.41) is 3.25. The van der Waals surface area contributed by atoms with Gasteiger partial charge in [-0.3, -0.25) is 4.79 Å². The molecule has 1 aromatic carbocycles. The maximum Gasteiger partial charge on any atom is 0.307 e. The van der Waals surface area contributed by atoms with Crippen LogP contribution in [0.5, 0.6) is 0 Å². The van der Waals surface area contributed by atoms with Gasteiger partial charge in [-0.1, -0.05) is 12.1 Å². The molecule has 0 saturated carbocycles. The number of benzene rings is 1. The van der Waals surface area contributed by atoms with E-state index in [1.54, 1.807) is 0 Å². The monoisotopic (exact) mass is 278 g/mol. The molecule has 0 spiro atoms. The molecule has 1 N–H and O–H groups in total. The van der Waals surface area contributed by atoms with Crippen LogP contribution in [0.4, 0.5) is 5.69 Å². The van der Waals surface area contributed by atoms with Crippen molar-refractivity contribution in [2.75, 3.05) is 31.1 Å². The van der Waals surface area contributed by atoms with E-state index >= 15 is 0 Å². The van der Waals surface area contributed by atoms with Crippen LogP contribution in [0, 0.1) is 0 Å². The van der Waals surface area contributed by atoms with Gasteiger partial charge in [0.25, 0.3) is 0 Å². The first-order valence-corrected chi connectivity index (χ1v) is 7.41. The average molecular weight is 278 g/mol. The summed E-state index contributed by atoms with van der Waals surface area (Å²) in [6.07, 6.45) is 0.422. The fourth-order valence-corrected chi connectivity index (χ4v) is 2.07. The van der Waals surface area contributed by atoms with Gasteiger partial charge in [0, 0.05) is 31.9 Å². The molecule has 0 unspecified atom stereocenters. The van der Waals surface area contributed by atoms with Gasteiger partial charge in [0.2, 0.25) is 0 Å². The summed E-state index contributed by atoms with van der Waals surface area (Å²) in [6, 6.07) is 8.56. The van der Waals surface area contributed by atoms with Crippen molar-refractivity contribution in [1.82, 2.24) is 5.32 Å². The Morgan fingerprint density at radius 2 is 1.80 bits per heavy atom. The summed E-state index contributed by atoms with van der Waals surface area (Å²) in [6.45, 7) is 10.1. The molecule has 0 aliphatic rings. The van der Waals surface area contributed by atoms with Crippen LogP contribution in [0.2, 0.25) is 0 Å². The Kier molecular flexibility index (Phi) is 7.73. The van der Waals surface area contributed by atoms with E-state index in [-0.39, 0.29) is 5.97 Å². The predicted molar refractivity (Wildman–Crippen MR) is 83.0 cm³/mol. The summed E-state index contributed by atoms with van der Waals surface area (Å²) in [5.41, 5.74) is 2.48. The quantitative estimate of drug-likeness (QED) is 0.557. The summed E-state index contributed by atoms with van der Waals surface area (Å²) < 4.78 is 4.88. The van der Waals surface area contributed by atoms with Gasteiger partial charge < -0.3 is 15.0 Å². The van der Waals surface area contributed by atoms with Crippen LogP contribution in [-0.2, 0) is 16.1 Å². The molecule has 1 aromatic rings. The van der Waals surface area contributed by atoms with Crippen molar-refractivity contribution in [2.45, 2.75) is 33.7 Å². The molecule has 0 fully saturated rings. The van der Waals surface area contributed by atoms with E-state index in [9.17, 15) is 4.79 Å². The molecule has 4 heteroatoms. The summed E-state index contributed by atoms with van der Waals surface area (Å²) in [4.78, 5) is 13.5. The third-order valence-corrected chi connectivity index (χ3v) is 3.21. The van der Waals surface area contributed by atoms with Gasteiger partial charge in [0.05, 0.1) is 13.0 Å². The zero-order valence-corrected chi connectivity index (χ0v) is 12.8. The third kappa shape index (κ3) is 5.61. The third-order valence-electron chi connectivity index (χ3n) is 3.21. The highest BCUT2D eigenvalue weighted by Crippen LogP contribution is 2.14. The van der Waals surface area contributed by atoms with Crippen LogP contribution in [0.25, 0.3) is 0 Å². The lowest BCUT2D eigenvalue weighted by molar-refractivity contribution is -0.142. The number of anilines is 1. The number of carbonyl (C=O) groups excluding carboxylic acids is 1. The number of nitrogens with one attached hydrogen (secondary N) is 1. The van der Waals surface area contributed by atoms with Crippen molar-refractivity contribution >= 4 is 11.7 Å². The maximum atomic E-state index is 11.2. The zero-order valence-electron chi connectivity index (χ0n) is 12.8. The SMILES string of the molecule is CCOC(=O)CCNCc1ccc(N(CC)CC)cc1. The lowest BCUT2D eigenvalue weighted by Gasteiger charge is -2.21. The first kappa shape index (κ1) is 16.5. The summed E-state index contributed by atoms with van der Waals surface area (Å²) in [5.74, 6) is -0.142. The van der Waals surface area contributed by atoms with Gasteiger partial charge >= 0.3 is 5.97 Å². The first-order chi connectivity index (χ1) is 9.71. The predicted octanol–water partition coefficient (Wildman–Crippen LogP) is 2.58. The second kappa shape index (κ2) is 9.37. The zero-order chi connectivity index (χ0) is 14.8. The normalized spacial score (nSPS) is 10.3. The Morgan fingerprint density at radius 1 is 1.15 bits per heavy atom. The molecule has 0 heterocycles. The molecular weight excluding hydrogens is 252 g/mol. The minimum absolute atomic E-state index is 0.142. The van der Waals surface area contributed by atoms with Crippen LogP contribution in [-0.4, -0.2) is 32.2 Å². The maximum absolute atomic E-state index is 11.2. The van der Waals surface area contributed by atoms with Crippen molar-refractivity contribution in [1.29, 1.82) is 0 Å². The Labute approximate surface area is 122 Å². The molecule has 4 nitrogen and oxygen atoms in total. The van der Waals surface area contributed by atoms with Gasteiger partial charge in [0.1, 0.15) is 0 Å². The van der Waals surface area contributed by atoms with Crippen LogP contribution in [0.1, 0.15) is 32.8 Å². The number of rotatable bonds is 9. The lowest BCUT2D eigenvalue weighted by atomic mass is 10.2. The van der Waals surface area contributed by atoms with Crippen molar-refractivity contribution < 1.29 is 9.53 Å². The average Bonchev–Trinajstić information content (AvgIpc) is 2.47. The smallest absolute Gasteiger partial charge is 0.307 e. The van der Waals surface area contributed by atoms with Crippen molar-refractivity contribution in [3.8, 4) is 0 Å². The fourth-order valence-electron chi connectivity index (χ4n) is 2.07. The van der Waals surface area contributed by atoms with Crippen molar-refractivity contribution in [2.24, 2.45) is 0 Å². The number of hydrogen-bond acceptors (Lipinski definition) is 4. The van der Waals surface area contributed by atoms with E-state index in [2.05, 4.69) is 48.3 Å². The molecule has 0 aliphatic heterocycles. The minimum Gasteiger partial charge on any atom is -0.466 e. The number of carbonyl (C=O) groups is 1. The Morgan fingerprint density at radius 3 is 2.35 bits per heavy atom. The van der Waals surface area contributed by atoms with Crippen LogP contribution in [0.15, 0.2) is 24.3 Å². The van der Waals surface area contributed by atoms with Crippen molar-refractivity contribution in [3.05, 3.63) is 29.8 Å². The first-order valence-electron chi connectivity index (χ1n) is 7.41. The van der Waals surface area contributed by atoms with Crippen LogP contribution < -0.4 is 10.2 Å². The molecule has 0 radical (unpaired) electrons. The highest BCUT2D eigenvalue weighted by molar-refractivity contribution is 5.69. The van der Waals surface area contributed by atoms with E-state index in [1.165, 1.54) is 11.3 Å².